The summed E-state index contributed by atoms with van der Waals surface area (Å²) < 4.78 is 0. The molecule has 2 nitrogen and oxygen atoms in total. The molecule has 0 aliphatic heterocycles. The molecule has 0 heterocycles. The van der Waals surface area contributed by atoms with E-state index in [0.29, 0.717) is 0 Å². The molecule has 1 rings (SSSR count). The Morgan fingerprint density at radius 3 is 2.39 bits per heavy atom. The average molecular weight is 248 g/mol. The summed E-state index contributed by atoms with van der Waals surface area (Å²) in [6.07, 6.45) is 2.14. The van der Waals surface area contributed by atoms with Crippen LogP contribution in [0.1, 0.15) is 37.0 Å². The van der Waals surface area contributed by atoms with Gasteiger partial charge in [-0.1, -0.05) is 18.2 Å². The number of hydrogen-bond donors (Lipinski definition) is 1. The fourth-order valence-electron chi connectivity index (χ4n) is 2.10. The SMILES string of the molecule is Cc1ccc(CCN(C)C(C)(C)CCN)cc1C. The van der Waals surface area contributed by atoms with Crippen molar-refractivity contribution in [1.82, 2.24) is 4.90 Å². The summed E-state index contributed by atoms with van der Waals surface area (Å²) in [6, 6.07) is 6.76. The molecule has 0 amide bonds. The van der Waals surface area contributed by atoms with E-state index in [0.717, 1.165) is 25.9 Å². The second-order valence-corrected chi connectivity index (χ2v) is 5.94. The van der Waals surface area contributed by atoms with Crippen LogP contribution in [0, 0.1) is 13.8 Å². The lowest BCUT2D eigenvalue weighted by Gasteiger charge is -2.35. The molecule has 0 saturated heterocycles. The summed E-state index contributed by atoms with van der Waals surface area (Å²) >= 11 is 0. The monoisotopic (exact) mass is 248 g/mol. The van der Waals surface area contributed by atoms with E-state index in [9.17, 15) is 0 Å². The molecule has 0 aliphatic rings. The molecule has 0 spiro atoms. The zero-order valence-corrected chi connectivity index (χ0v) is 12.6. The molecule has 102 valence electrons. The first-order chi connectivity index (χ1) is 8.36. The van der Waals surface area contributed by atoms with Gasteiger partial charge in [0, 0.05) is 12.1 Å². The summed E-state index contributed by atoms with van der Waals surface area (Å²) in [7, 11) is 2.19. The van der Waals surface area contributed by atoms with E-state index in [1.54, 1.807) is 0 Å². The zero-order chi connectivity index (χ0) is 13.8. The van der Waals surface area contributed by atoms with Crippen molar-refractivity contribution in [2.45, 2.75) is 46.1 Å². The Labute approximate surface area is 112 Å². The highest BCUT2D eigenvalue weighted by Gasteiger charge is 2.21. The lowest BCUT2D eigenvalue weighted by molar-refractivity contribution is 0.150. The van der Waals surface area contributed by atoms with Gasteiger partial charge >= 0.3 is 0 Å². The Bertz CT molecular complexity index is 383. The van der Waals surface area contributed by atoms with Crippen LogP contribution in [0.15, 0.2) is 18.2 Å². The van der Waals surface area contributed by atoms with Crippen molar-refractivity contribution in [2.75, 3.05) is 20.1 Å². The minimum absolute atomic E-state index is 0.189. The zero-order valence-electron chi connectivity index (χ0n) is 12.6. The van der Waals surface area contributed by atoms with Crippen LogP contribution in [0.5, 0.6) is 0 Å². The predicted octanol–water partition coefficient (Wildman–Crippen LogP) is 2.91. The van der Waals surface area contributed by atoms with Crippen LogP contribution < -0.4 is 5.73 Å². The molecule has 0 atom stereocenters. The van der Waals surface area contributed by atoms with Crippen molar-refractivity contribution in [3.8, 4) is 0 Å². The van der Waals surface area contributed by atoms with Gasteiger partial charge in [-0.15, -0.1) is 0 Å². The van der Waals surface area contributed by atoms with Gasteiger partial charge in [-0.25, -0.2) is 0 Å². The molecule has 2 N–H and O–H groups in total. The molecule has 0 aliphatic carbocycles. The highest BCUT2D eigenvalue weighted by Crippen LogP contribution is 2.17. The van der Waals surface area contributed by atoms with Crippen LogP contribution in [-0.4, -0.2) is 30.6 Å². The van der Waals surface area contributed by atoms with Gasteiger partial charge in [0.25, 0.3) is 0 Å². The minimum atomic E-state index is 0.189. The fraction of sp³-hybridized carbons (Fsp3) is 0.625. The van der Waals surface area contributed by atoms with E-state index < -0.39 is 0 Å². The first-order valence-corrected chi connectivity index (χ1v) is 6.84. The van der Waals surface area contributed by atoms with Gasteiger partial charge < -0.3 is 10.6 Å². The molecule has 1 aromatic carbocycles. The first kappa shape index (κ1) is 15.2. The van der Waals surface area contributed by atoms with E-state index in [-0.39, 0.29) is 5.54 Å². The standard InChI is InChI=1S/C16H28N2/c1-13-6-7-15(12-14(13)2)8-11-18(5)16(3,4)9-10-17/h6-7,12H,8-11,17H2,1-5H3. The van der Waals surface area contributed by atoms with Crippen LogP contribution in [-0.2, 0) is 6.42 Å². The van der Waals surface area contributed by atoms with E-state index in [4.69, 9.17) is 5.73 Å². The summed E-state index contributed by atoms with van der Waals surface area (Å²) in [5, 5.41) is 0. The number of benzene rings is 1. The molecular weight excluding hydrogens is 220 g/mol. The van der Waals surface area contributed by atoms with Gasteiger partial charge in [0.15, 0.2) is 0 Å². The van der Waals surface area contributed by atoms with Crippen LogP contribution in [0.4, 0.5) is 0 Å². The third-order valence-electron chi connectivity index (χ3n) is 4.10. The summed E-state index contributed by atoms with van der Waals surface area (Å²) in [6.45, 7) is 10.7. The maximum atomic E-state index is 5.67. The third-order valence-corrected chi connectivity index (χ3v) is 4.10. The Morgan fingerprint density at radius 2 is 1.83 bits per heavy atom. The van der Waals surface area contributed by atoms with Crippen molar-refractivity contribution in [1.29, 1.82) is 0 Å². The van der Waals surface area contributed by atoms with E-state index in [1.807, 2.05) is 0 Å². The summed E-state index contributed by atoms with van der Waals surface area (Å²) in [5.41, 5.74) is 10.0. The van der Waals surface area contributed by atoms with Crippen LogP contribution in [0.2, 0.25) is 0 Å². The van der Waals surface area contributed by atoms with Crippen molar-refractivity contribution < 1.29 is 0 Å². The normalized spacial score (nSPS) is 12.2. The predicted molar refractivity (Wildman–Crippen MR) is 80.0 cm³/mol. The van der Waals surface area contributed by atoms with Crippen LogP contribution >= 0.6 is 0 Å². The molecule has 0 aromatic heterocycles. The van der Waals surface area contributed by atoms with Crippen molar-refractivity contribution >= 4 is 0 Å². The van der Waals surface area contributed by atoms with Gasteiger partial charge in [0.1, 0.15) is 0 Å². The molecule has 0 unspecified atom stereocenters. The van der Waals surface area contributed by atoms with Crippen LogP contribution in [0.3, 0.4) is 0 Å². The van der Waals surface area contributed by atoms with Gasteiger partial charge in [-0.2, -0.15) is 0 Å². The number of hydrogen-bond acceptors (Lipinski definition) is 2. The Hall–Kier alpha value is -0.860. The second kappa shape index (κ2) is 6.35. The number of rotatable bonds is 6. The average Bonchev–Trinajstić information content (AvgIpc) is 2.30. The Balaban J connectivity index is 2.56. The Kier molecular flexibility index (Phi) is 5.36. The third kappa shape index (κ3) is 4.11. The molecule has 0 fully saturated rings. The largest absolute Gasteiger partial charge is 0.330 e. The van der Waals surface area contributed by atoms with Gasteiger partial charge in [0.2, 0.25) is 0 Å². The lowest BCUT2D eigenvalue weighted by Crippen LogP contribution is -2.43. The highest BCUT2D eigenvalue weighted by molar-refractivity contribution is 5.30. The van der Waals surface area contributed by atoms with E-state index in [1.165, 1.54) is 16.7 Å². The number of nitrogens with zero attached hydrogens (tertiary/aromatic N) is 1. The van der Waals surface area contributed by atoms with Crippen molar-refractivity contribution in [3.05, 3.63) is 34.9 Å². The number of nitrogens with two attached hydrogens (primary N) is 1. The lowest BCUT2D eigenvalue weighted by atomic mass is 9.97. The quantitative estimate of drug-likeness (QED) is 0.839. The molecule has 0 saturated carbocycles. The maximum absolute atomic E-state index is 5.67. The van der Waals surface area contributed by atoms with Crippen molar-refractivity contribution in [2.24, 2.45) is 5.73 Å². The summed E-state index contributed by atoms with van der Waals surface area (Å²) in [4.78, 5) is 2.41. The van der Waals surface area contributed by atoms with Gasteiger partial charge in [-0.3, -0.25) is 0 Å². The second-order valence-electron chi connectivity index (χ2n) is 5.94. The molecule has 1 aromatic rings. The number of aryl methyl sites for hydroxylation is 2. The molecule has 18 heavy (non-hydrogen) atoms. The Morgan fingerprint density at radius 1 is 1.17 bits per heavy atom. The maximum Gasteiger partial charge on any atom is 0.0162 e. The van der Waals surface area contributed by atoms with E-state index >= 15 is 0 Å². The highest BCUT2D eigenvalue weighted by atomic mass is 15.2. The van der Waals surface area contributed by atoms with Gasteiger partial charge in [-0.05, 0) is 70.8 Å². The fourth-order valence-corrected chi connectivity index (χ4v) is 2.10. The molecule has 2 heteroatoms. The summed E-state index contributed by atoms with van der Waals surface area (Å²) in [5.74, 6) is 0. The first-order valence-electron chi connectivity index (χ1n) is 6.84. The van der Waals surface area contributed by atoms with Crippen LogP contribution in [0.25, 0.3) is 0 Å². The smallest absolute Gasteiger partial charge is 0.0162 e. The topological polar surface area (TPSA) is 29.3 Å². The minimum Gasteiger partial charge on any atom is -0.330 e. The molecule has 0 radical (unpaired) electrons. The molecule has 0 bridgehead atoms. The van der Waals surface area contributed by atoms with Crippen molar-refractivity contribution in [3.63, 3.8) is 0 Å². The van der Waals surface area contributed by atoms with E-state index in [2.05, 4.69) is 57.8 Å². The number of likely N-dealkylation sites (N-methyl/N-ethyl adjacent to an activating group) is 1. The molecular formula is C16H28N2. The van der Waals surface area contributed by atoms with Gasteiger partial charge in [0.05, 0.1) is 0 Å².